The lowest BCUT2D eigenvalue weighted by molar-refractivity contribution is 0.0594. The van der Waals surface area contributed by atoms with Gasteiger partial charge < -0.3 is 23.9 Å². The van der Waals surface area contributed by atoms with Gasteiger partial charge in [0, 0.05) is 27.8 Å². The summed E-state index contributed by atoms with van der Waals surface area (Å²) in [5, 5.41) is 11.5. The van der Waals surface area contributed by atoms with Crippen molar-refractivity contribution in [1.29, 1.82) is 0 Å². The lowest BCUT2D eigenvalue weighted by Gasteiger charge is -2.21. The van der Waals surface area contributed by atoms with E-state index in [0.29, 0.717) is 39.8 Å². The van der Waals surface area contributed by atoms with Crippen LogP contribution >= 0.6 is 11.6 Å². The van der Waals surface area contributed by atoms with Gasteiger partial charge in [-0.3, -0.25) is 4.79 Å². The van der Waals surface area contributed by atoms with Gasteiger partial charge in [0.2, 0.25) is 0 Å². The molecule has 7 nitrogen and oxygen atoms in total. The molecule has 0 fully saturated rings. The molecule has 0 spiro atoms. The van der Waals surface area contributed by atoms with E-state index in [1.807, 2.05) is 12.1 Å². The monoisotopic (exact) mass is 469 g/mol. The molecule has 8 heteroatoms. The van der Waals surface area contributed by atoms with Crippen molar-refractivity contribution in [2.24, 2.45) is 0 Å². The highest BCUT2D eigenvalue weighted by Gasteiger charge is 2.29. The van der Waals surface area contributed by atoms with Crippen LogP contribution in [0.25, 0.3) is 11.3 Å². The van der Waals surface area contributed by atoms with E-state index in [1.165, 1.54) is 18.8 Å². The first-order chi connectivity index (χ1) is 15.9. The molecule has 0 aliphatic heterocycles. The van der Waals surface area contributed by atoms with Gasteiger partial charge in [-0.15, -0.1) is 0 Å². The average molecular weight is 470 g/mol. The molecule has 0 saturated carbocycles. The third kappa shape index (κ3) is 4.04. The van der Waals surface area contributed by atoms with Crippen LogP contribution in [0.5, 0.6) is 17.2 Å². The number of aromatic hydroxyl groups is 1. The Kier molecular flexibility index (Phi) is 6.33. The van der Waals surface area contributed by atoms with Gasteiger partial charge in [0.05, 0.1) is 33.6 Å². The van der Waals surface area contributed by atoms with Gasteiger partial charge in [-0.2, -0.15) is 0 Å². The van der Waals surface area contributed by atoms with Crippen LogP contribution in [0.1, 0.15) is 33.5 Å². The van der Waals surface area contributed by atoms with Crippen LogP contribution < -0.4 is 15.0 Å². The molecule has 4 rings (SSSR count). The number of methoxy groups -OCH3 is 3. The Morgan fingerprint density at radius 3 is 2.58 bits per heavy atom. The van der Waals surface area contributed by atoms with Crippen LogP contribution in [0.15, 0.2) is 41.2 Å². The molecule has 0 unspecified atom stereocenters. The summed E-state index contributed by atoms with van der Waals surface area (Å²) in [6.45, 7) is 0.102. The summed E-state index contributed by atoms with van der Waals surface area (Å²) in [6.07, 6.45) is 1.96. The number of hydrogen-bond acceptors (Lipinski definition) is 6. The van der Waals surface area contributed by atoms with Gasteiger partial charge in [0.25, 0.3) is 5.56 Å². The standard InChI is InChI=1S/C25H24ClNO6/c1-31-17-10-8-15(20(12-17)32-2)13-27-22-18(23(28)21(24(27)29)25(30)33-3)6-4-5-14-7-9-16(26)11-19(14)22/h7-12,28H,4-6,13H2,1-3H3. The largest absolute Gasteiger partial charge is 0.506 e. The number of aromatic nitrogens is 1. The number of fused-ring (bicyclic) bond motifs is 3. The van der Waals surface area contributed by atoms with Crippen molar-refractivity contribution in [2.75, 3.05) is 21.3 Å². The molecule has 2 aromatic carbocycles. The molecule has 3 aromatic rings. The van der Waals surface area contributed by atoms with E-state index < -0.39 is 11.5 Å². The Hall–Kier alpha value is -3.45. The number of nitrogens with zero attached hydrogens (tertiary/aromatic N) is 1. The summed E-state index contributed by atoms with van der Waals surface area (Å²) in [7, 11) is 4.27. The Morgan fingerprint density at radius 1 is 1.09 bits per heavy atom. The Bertz CT molecular complexity index is 1300. The Labute approximate surface area is 196 Å². The quantitative estimate of drug-likeness (QED) is 0.563. The first-order valence-electron chi connectivity index (χ1n) is 10.5. The molecule has 0 saturated heterocycles. The molecular formula is C25H24ClNO6. The minimum Gasteiger partial charge on any atom is -0.506 e. The first-order valence-corrected chi connectivity index (χ1v) is 10.8. The molecule has 1 aliphatic rings. The van der Waals surface area contributed by atoms with E-state index in [1.54, 1.807) is 31.4 Å². The summed E-state index contributed by atoms with van der Waals surface area (Å²) in [5.41, 5.74) is 2.50. The molecular weight excluding hydrogens is 446 g/mol. The van der Waals surface area contributed by atoms with Crippen molar-refractivity contribution in [1.82, 2.24) is 4.57 Å². The molecule has 1 N–H and O–H groups in total. The highest BCUT2D eigenvalue weighted by atomic mass is 35.5. The second-order valence-electron chi connectivity index (χ2n) is 7.77. The fourth-order valence-electron chi connectivity index (χ4n) is 4.34. The number of ether oxygens (including phenoxy) is 3. The zero-order valence-electron chi connectivity index (χ0n) is 18.6. The number of benzene rings is 2. The van der Waals surface area contributed by atoms with Gasteiger partial charge in [-0.1, -0.05) is 17.7 Å². The minimum atomic E-state index is -0.883. The minimum absolute atomic E-state index is 0.102. The fraction of sp³-hybridized carbons (Fsp3) is 0.280. The highest BCUT2D eigenvalue weighted by Crippen LogP contribution is 2.39. The summed E-state index contributed by atoms with van der Waals surface area (Å²) >= 11 is 6.32. The third-order valence-corrected chi connectivity index (χ3v) is 6.18. The molecule has 1 heterocycles. The van der Waals surface area contributed by atoms with Gasteiger partial charge >= 0.3 is 5.97 Å². The third-order valence-electron chi connectivity index (χ3n) is 5.95. The predicted octanol–water partition coefficient (Wildman–Crippen LogP) is 4.22. The summed E-state index contributed by atoms with van der Waals surface area (Å²) in [5.74, 6) is -0.0820. The maximum atomic E-state index is 13.6. The van der Waals surface area contributed by atoms with Crippen LogP contribution in [0.2, 0.25) is 5.02 Å². The Balaban J connectivity index is 2.05. The van der Waals surface area contributed by atoms with E-state index in [-0.39, 0.29) is 17.9 Å². The van der Waals surface area contributed by atoms with Crippen LogP contribution in [0.3, 0.4) is 0 Å². The van der Waals surface area contributed by atoms with Crippen LogP contribution in [0, 0.1) is 0 Å². The van der Waals surface area contributed by atoms with Crippen LogP contribution in [-0.4, -0.2) is 37.0 Å². The second kappa shape index (κ2) is 9.19. The van der Waals surface area contributed by atoms with Gasteiger partial charge in [0.15, 0.2) is 5.56 Å². The molecule has 0 amide bonds. The normalized spacial score (nSPS) is 12.4. The molecule has 1 aromatic heterocycles. The molecule has 0 atom stereocenters. The van der Waals surface area contributed by atoms with Crippen LogP contribution in [-0.2, 0) is 24.1 Å². The lowest BCUT2D eigenvalue weighted by atomic mass is 9.98. The molecule has 0 bridgehead atoms. The van der Waals surface area contributed by atoms with Gasteiger partial charge in [-0.25, -0.2) is 4.79 Å². The van der Waals surface area contributed by atoms with E-state index in [4.69, 9.17) is 25.8 Å². The summed E-state index contributed by atoms with van der Waals surface area (Å²) in [6, 6.07) is 10.8. The van der Waals surface area contributed by atoms with Gasteiger partial charge in [0.1, 0.15) is 17.2 Å². The highest BCUT2D eigenvalue weighted by molar-refractivity contribution is 6.30. The van der Waals surface area contributed by atoms with E-state index in [2.05, 4.69) is 0 Å². The lowest BCUT2D eigenvalue weighted by Crippen LogP contribution is -2.30. The number of carbonyl (C=O) groups is 1. The maximum Gasteiger partial charge on any atom is 0.347 e. The van der Waals surface area contributed by atoms with Crippen molar-refractivity contribution in [3.8, 4) is 28.5 Å². The number of carbonyl (C=O) groups excluding carboxylic acids is 1. The number of hydrogen-bond donors (Lipinski definition) is 1. The molecule has 1 aliphatic carbocycles. The van der Waals surface area contributed by atoms with Crippen molar-refractivity contribution in [3.63, 3.8) is 0 Å². The topological polar surface area (TPSA) is 87.0 Å². The van der Waals surface area contributed by atoms with E-state index in [9.17, 15) is 14.7 Å². The average Bonchev–Trinajstić information content (AvgIpc) is 3.01. The van der Waals surface area contributed by atoms with Crippen molar-refractivity contribution >= 4 is 17.6 Å². The SMILES string of the molecule is COC(=O)c1c(O)c2c(n(Cc3ccc(OC)cc3OC)c1=O)-c1cc(Cl)ccc1CCC2. The maximum absolute atomic E-state index is 13.6. The first kappa shape index (κ1) is 22.7. The van der Waals surface area contributed by atoms with Crippen molar-refractivity contribution < 1.29 is 24.1 Å². The van der Waals surface area contributed by atoms with E-state index >= 15 is 0 Å². The number of esters is 1. The van der Waals surface area contributed by atoms with Crippen molar-refractivity contribution in [3.05, 3.63) is 74.0 Å². The fourth-order valence-corrected chi connectivity index (χ4v) is 4.51. The summed E-state index contributed by atoms with van der Waals surface area (Å²) < 4.78 is 17.1. The second-order valence-corrected chi connectivity index (χ2v) is 8.20. The number of rotatable bonds is 5. The van der Waals surface area contributed by atoms with Gasteiger partial charge in [-0.05, 0) is 49.1 Å². The number of aryl methyl sites for hydroxylation is 1. The zero-order chi connectivity index (χ0) is 23.7. The van der Waals surface area contributed by atoms with E-state index in [0.717, 1.165) is 24.0 Å². The number of halogens is 1. The van der Waals surface area contributed by atoms with Crippen molar-refractivity contribution in [2.45, 2.75) is 25.8 Å². The Morgan fingerprint density at radius 2 is 1.88 bits per heavy atom. The number of pyridine rings is 1. The predicted molar refractivity (Wildman–Crippen MR) is 125 cm³/mol. The molecule has 33 heavy (non-hydrogen) atoms. The molecule has 172 valence electrons. The zero-order valence-corrected chi connectivity index (χ0v) is 19.4. The molecule has 0 radical (unpaired) electrons. The summed E-state index contributed by atoms with van der Waals surface area (Å²) in [4.78, 5) is 26.1. The van der Waals surface area contributed by atoms with Crippen LogP contribution in [0.4, 0.5) is 0 Å². The smallest absolute Gasteiger partial charge is 0.347 e.